The van der Waals surface area contributed by atoms with Gasteiger partial charge in [-0.3, -0.25) is 4.79 Å². The van der Waals surface area contributed by atoms with E-state index in [2.05, 4.69) is 5.32 Å². The smallest absolute Gasteiger partial charge is 0.235 e. The van der Waals surface area contributed by atoms with Crippen LogP contribution in [0.1, 0.15) is 13.3 Å². The van der Waals surface area contributed by atoms with E-state index in [-0.39, 0.29) is 18.1 Å². The fourth-order valence-electron chi connectivity index (χ4n) is 1.54. The Hall–Kier alpha value is -0.620. The summed E-state index contributed by atoms with van der Waals surface area (Å²) in [6, 6.07) is 0. The zero-order valence-electron chi connectivity index (χ0n) is 8.19. The molecule has 14 heavy (non-hydrogen) atoms. The van der Waals surface area contributed by atoms with Crippen LogP contribution in [0.5, 0.6) is 0 Å². The van der Waals surface area contributed by atoms with Crippen LogP contribution < -0.4 is 11.1 Å². The number of hydrogen-bond donors (Lipinski definition) is 2. The molecule has 1 aliphatic heterocycles. The zero-order chi connectivity index (χ0) is 10.8. The molecule has 1 saturated heterocycles. The van der Waals surface area contributed by atoms with Crippen molar-refractivity contribution < 1.29 is 13.2 Å². The van der Waals surface area contributed by atoms with E-state index in [1.165, 1.54) is 0 Å². The van der Waals surface area contributed by atoms with Gasteiger partial charge in [0.25, 0.3) is 0 Å². The van der Waals surface area contributed by atoms with Gasteiger partial charge in [-0.15, -0.1) is 0 Å². The second-order valence-corrected chi connectivity index (χ2v) is 5.88. The summed E-state index contributed by atoms with van der Waals surface area (Å²) < 4.78 is 23.4. The summed E-state index contributed by atoms with van der Waals surface area (Å²) in [6.07, 6.45) is 0.262. The Bertz CT molecular complexity index is 309. The Kier molecular flexibility index (Phi) is 3.49. The number of sulfone groups is 1. The summed E-state index contributed by atoms with van der Waals surface area (Å²) in [6.45, 7) is 3.09. The molecule has 1 heterocycles. The van der Waals surface area contributed by atoms with Gasteiger partial charge in [-0.2, -0.15) is 0 Å². The van der Waals surface area contributed by atoms with Crippen molar-refractivity contribution in [3.05, 3.63) is 0 Å². The first-order chi connectivity index (χ1) is 6.47. The third kappa shape index (κ3) is 2.45. The van der Waals surface area contributed by atoms with Crippen LogP contribution in [0.3, 0.4) is 0 Å². The second-order valence-electron chi connectivity index (χ2n) is 3.65. The molecule has 0 aromatic carbocycles. The molecule has 1 rings (SSSR count). The SMILES string of the molecule is CCC(C(N)=O)S(=O)(=O)CC1CNC1. The van der Waals surface area contributed by atoms with Crippen molar-refractivity contribution in [2.45, 2.75) is 18.6 Å². The molecule has 1 atom stereocenters. The third-order valence-corrected chi connectivity index (χ3v) is 4.82. The van der Waals surface area contributed by atoms with Crippen LogP contribution in [0.25, 0.3) is 0 Å². The molecule has 0 saturated carbocycles. The van der Waals surface area contributed by atoms with Gasteiger partial charge in [-0.1, -0.05) is 6.92 Å². The van der Waals surface area contributed by atoms with Gasteiger partial charge in [0.05, 0.1) is 5.75 Å². The van der Waals surface area contributed by atoms with Crippen LogP contribution in [-0.4, -0.2) is 38.4 Å². The summed E-state index contributed by atoms with van der Waals surface area (Å²) in [5, 5.41) is 1.98. The Morgan fingerprint density at radius 3 is 2.43 bits per heavy atom. The molecule has 3 N–H and O–H groups in total. The van der Waals surface area contributed by atoms with Crippen molar-refractivity contribution in [3.63, 3.8) is 0 Å². The molecular weight excluding hydrogens is 204 g/mol. The van der Waals surface area contributed by atoms with Gasteiger partial charge in [0.15, 0.2) is 9.84 Å². The number of carbonyl (C=O) groups excluding carboxylic acids is 1. The molecule has 1 aliphatic rings. The minimum atomic E-state index is -3.35. The van der Waals surface area contributed by atoms with Crippen molar-refractivity contribution in [2.75, 3.05) is 18.8 Å². The minimum absolute atomic E-state index is 0.0709. The molecule has 0 aliphatic carbocycles. The highest BCUT2D eigenvalue weighted by atomic mass is 32.2. The van der Waals surface area contributed by atoms with E-state index >= 15 is 0 Å². The first-order valence-electron chi connectivity index (χ1n) is 4.69. The molecule has 1 unspecified atom stereocenters. The summed E-state index contributed by atoms with van der Waals surface area (Å²) in [5.41, 5.74) is 5.03. The van der Waals surface area contributed by atoms with Gasteiger partial charge in [0, 0.05) is 13.1 Å². The lowest BCUT2D eigenvalue weighted by atomic mass is 10.1. The Morgan fingerprint density at radius 2 is 2.14 bits per heavy atom. The van der Waals surface area contributed by atoms with Crippen LogP contribution in [0, 0.1) is 5.92 Å². The van der Waals surface area contributed by atoms with Crippen molar-refractivity contribution >= 4 is 15.7 Å². The summed E-state index contributed by atoms with van der Waals surface area (Å²) in [4.78, 5) is 10.9. The lowest BCUT2D eigenvalue weighted by Gasteiger charge is -2.27. The summed E-state index contributed by atoms with van der Waals surface area (Å²) in [7, 11) is -3.35. The van der Waals surface area contributed by atoms with Gasteiger partial charge in [-0.05, 0) is 12.3 Å². The molecule has 82 valence electrons. The van der Waals surface area contributed by atoms with Crippen molar-refractivity contribution in [1.82, 2.24) is 5.32 Å². The van der Waals surface area contributed by atoms with Crippen LogP contribution >= 0.6 is 0 Å². The predicted octanol–water partition coefficient (Wildman–Crippen LogP) is -1.12. The molecule has 0 spiro atoms. The number of rotatable bonds is 5. The number of primary amides is 1. The van der Waals surface area contributed by atoms with E-state index in [0.717, 1.165) is 0 Å². The average Bonchev–Trinajstić information content (AvgIpc) is 1.97. The van der Waals surface area contributed by atoms with Crippen LogP contribution in [0.2, 0.25) is 0 Å². The van der Waals surface area contributed by atoms with Crippen LogP contribution in [-0.2, 0) is 14.6 Å². The van der Waals surface area contributed by atoms with E-state index in [9.17, 15) is 13.2 Å². The molecule has 5 nitrogen and oxygen atoms in total. The van der Waals surface area contributed by atoms with E-state index in [0.29, 0.717) is 13.1 Å². The minimum Gasteiger partial charge on any atom is -0.369 e. The average molecular weight is 220 g/mol. The fourth-order valence-corrected chi connectivity index (χ4v) is 3.53. The topological polar surface area (TPSA) is 89.3 Å². The first-order valence-corrected chi connectivity index (χ1v) is 6.40. The molecule has 0 aromatic rings. The molecule has 0 radical (unpaired) electrons. The number of hydrogen-bond acceptors (Lipinski definition) is 4. The van der Waals surface area contributed by atoms with Gasteiger partial charge in [-0.25, -0.2) is 8.42 Å². The maximum absolute atomic E-state index is 11.7. The maximum atomic E-state index is 11.7. The van der Waals surface area contributed by atoms with Gasteiger partial charge >= 0.3 is 0 Å². The van der Waals surface area contributed by atoms with Crippen molar-refractivity contribution in [1.29, 1.82) is 0 Å². The van der Waals surface area contributed by atoms with Crippen LogP contribution in [0.4, 0.5) is 0 Å². The predicted molar refractivity (Wildman–Crippen MR) is 53.4 cm³/mol. The molecule has 6 heteroatoms. The fraction of sp³-hybridized carbons (Fsp3) is 0.875. The normalized spacial score (nSPS) is 20.1. The van der Waals surface area contributed by atoms with E-state index in [1.54, 1.807) is 6.92 Å². The molecule has 0 aromatic heterocycles. The molecule has 1 fully saturated rings. The highest BCUT2D eigenvalue weighted by Gasteiger charge is 2.33. The third-order valence-electron chi connectivity index (χ3n) is 2.46. The summed E-state index contributed by atoms with van der Waals surface area (Å²) in [5.74, 6) is -0.519. The Labute approximate surface area is 84.0 Å². The maximum Gasteiger partial charge on any atom is 0.235 e. The standard InChI is InChI=1S/C8H16N2O3S/c1-2-7(8(9)11)14(12,13)5-6-3-10-4-6/h6-7,10H,2-5H2,1H3,(H2,9,11). The number of carbonyl (C=O) groups is 1. The van der Waals surface area contributed by atoms with Crippen LogP contribution in [0.15, 0.2) is 0 Å². The zero-order valence-corrected chi connectivity index (χ0v) is 9.01. The van der Waals surface area contributed by atoms with E-state index in [4.69, 9.17) is 5.73 Å². The highest BCUT2D eigenvalue weighted by molar-refractivity contribution is 7.92. The number of amides is 1. The van der Waals surface area contributed by atoms with Gasteiger partial charge < -0.3 is 11.1 Å². The van der Waals surface area contributed by atoms with Crippen molar-refractivity contribution in [2.24, 2.45) is 11.7 Å². The monoisotopic (exact) mass is 220 g/mol. The van der Waals surface area contributed by atoms with E-state index in [1.807, 2.05) is 0 Å². The first kappa shape index (κ1) is 11.5. The van der Waals surface area contributed by atoms with Gasteiger partial charge in [0.2, 0.25) is 5.91 Å². The molecular formula is C8H16N2O3S. The second kappa shape index (κ2) is 4.27. The number of nitrogens with one attached hydrogen (secondary N) is 1. The quantitative estimate of drug-likeness (QED) is 0.614. The summed E-state index contributed by atoms with van der Waals surface area (Å²) >= 11 is 0. The van der Waals surface area contributed by atoms with Gasteiger partial charge in [0.1, 0.15) is 5.25 Å². The number of nitrogens with two attached hydrogens (primary N) is 1. The Morgan fingerprint density at radius 1 is 1.57 bits per heavy atom. The molecule has 1 amide bonds. The van der Waals surface area contributed by atoms with Crippen molar-refractivity contribution in [3.8, 4) is 0 Å². The lowest BCUT2D eigenvalue weighted by Crippen LogP contribution is -2.48. The lowest BCUT2D eigenvalue weighted by molar-refractivity contribution is -0.117. The highest BCUT2D eigenvalue weighted by Crippen LogP contribution is 2.13. The molecule has 0 bridgehead atoms. The Balaban J connectivity index is 2.65. The largest absolute Gasteiger partial charge is 0.369 e. The van der Waals surface area contributed by atoms with E-state index < -0.39 is 21.0 Å².